The summed E-state index contributed by atoms with van der Waals surface area (Å²) >= 11 is 0. The number of nitrogen functional groups attached to an aromatic ring is 1. The highest BCUT2D eigenvalue weighted by molar-refractivity contribution is 5.96. The molecule has 0 saturated carbocycles. The number of hydrogen-bond donors (Lipinski definition) is 1. The number of anilines is 2. The van der Waals surface area contributed by atoms with Crippen molar-refractivity contribution in [3.63, 3.8) is 0 Å². The summed E-state index contributed by atoms with van der Waals surface area (Å²) in [7, 11) is 0. The highest BCUT2D eigenvalue weighted by Crippen LogP contribution is 2.36. The number of hydrogen-bond acceptors (Lipinski definition) is 3. The zero-order valence-corrected chi connectivity index (χ0v) is 13.0. The van der Waals surface area contributed by atoms with Gasteiger partial charge in [0.25, 0.3) is 0 Å². The average Bonchev–Trinajstić information content (AvgIpc) is 2.54. The van der Waals surface area contributed by atoms with Crippen LogP contribution in [-0.4, -0.2) is 10.9 Å². The predicted octanol–water partition coefficient (Wildman–Crippen LogP) is 3.72. The lowest BCUT2D eigenvalue weighted by Gasteiger charge is -2.34. The van der Waals surface area contributed by atoms with Gasteiger partial charge in [-0.05, 0) is 36.8 Å². The first kappa shape index (κ1) is 16.3. The van der Waals surface area contributed by atoms with Gasteiger partial charge in [0, 0.05) is 12.8 Å². The number of fused-ring (bicyclic) bond motifs is 1. The second kappa shape index (κ2) is 5.81. The van der Waals surface area contributed by atoms with E-state index >= 15 is 0 Å². The van der Waals surface area contributed by atoms with E-state index in [9.17, 15) is 18.0 Å². The zero-order chi connectivity index (χ0) is 17.5. The van der Waals surface area contributed by atoms with E-state index in [1.165, 1.54) is 11.0 Å². The summed E-state index contributed by atoms with van der Waals surface area (Å²) in [6.07, 6.45) is -3.69. The third-order valence-electron chi connectivity index (χ3n) is 4.16. The molecule has 1 aliphatic heterocycles. The molecule has 1 unspecified atom stereocenters. The van der Waals surface area contributed by atoms with Gasteiger partial charge in [0.1, 0.15) is 5.82 Å². The SMILES string of the molecule is CC(c1cccc(C(F)(F)F)c1)N1C(=O)CCc2nc(N)ccc21. The van der Waals surface area contributed by atoms with Crippen molar-refractivity contribution in [3.05, 3.63) is 53.2 Å². The number of benzene rings is 1. The highest BCUT2D eigenvalue weighted by atomic mass is 19.4. The number of pyridine rings is 1. The van der Waals surface area contributed by atoms with E-state index in [1.54, 1.807) is 25.1 Å². The van der Waals surface area contributed by atoms with Crippen LogP contribution >= 0.6 is 0 Å². The van der Waals surface area contributed by atoms with Crippen molar-refractivity contribution in [3.8, 4) is 0 Å². The van der Waals surface area contributed by atoms with Crippen molar-refractivity contribution in [1.29, 1.82) is 0 Å². The molecule has 0 aliphatic carbocycles. The van der Waals surface area contributed by atoms with Crippen molar-refractivity contribution in [2.24, 2.45) is 0 Å². The molecule has 3 rings (SSSR count). The Morgan fingerprint density at radius 3 is 2.67 bits per heavy atom. The molecule has 2 N–H and O–H groups in total. The molecule has 2 aromatic rings. The van der Waals surface area contributed by atoms with Crippen molar-refractivity contribution in [2.45, 2.75) is 32.0 Å². The van der Waals surface area contributed by atoms with Crippen LogP contribution in [0.4, 0.5) is 24.7 Å². The minimum absolute atomic E-state index is 0.140. The highest BCUT2D eigenvalue weighted by Gasteiger charge is 2.33. The fourth-order valence-corrected chi connectivity index (χ4v) is 2.94. The number of carbonyl (C=O) groups is 1. The molecule has 7 heteroatoms. The van der Waals surface area contributed by atoms with Crippen LogP contribution in [0.15, 0.2) is 36.4 Å². The van der Waals surface area contributed by atoms with E-state index in [4.69, 9.17) is 5.73 Å². The Hall–Kier alpha value is -2.57. The molecule has 0 spiro atoms. The molecule has 1 aliphatic rings. The van der Waals surface area contributed by atoms with Crippen LogP contribution in [-0.2, 0) is 17.4 Å². The van der Waals surface area contributed by atoms with Gasteiger partial charge < -0.3 is 10.6 Å². The standard InChI is InChI=1S/C17H16F3N3O/c1-10(11-3-2-4-12(9-11)17(18,19)20)23-14-6-7-15(21)22-13(14)5-8-16(23)24/h2-4,6-7,9-10H,5,8H2,1H3,(H2,21,22). The third kappa shape index (κ3) is 2.93. The summed E-state index contributed by atoms with van der Waals surface area (Å²) in [5, 5.41) is 0. The Labute approximate surface area is 137 Å². The second-order valence-corrected chi connectivity index (χ2v) is 5.76. The molecule has 126 valence electrons. The first-order chi connectivity index (χ1) is 11.3. The maximum absolute atomic E-state index is 12.9. The monoisotopic (exact) mass is 335 g/mol. The number of amides is 1. The smallest absolute Gasteiger partial charge is 0.384 e. The van der Waals surface area contributed by atoms with Crippen molar-refractivity contribution < 1.29 is 18.0 Å². The van der Waals surface area contributed by atoms with Crippen molar-refractivity contribution >= 4 is 17.4 Å². The minimum Gasteiger partial charge on any atom is -0.384 e. The number of carbonyl (C=O) groups excluding carboxylic acids is 1. The molecule has 0 fully saturated rings. The molecule has 1 atom stereocenters. The molecule has 4 nitrogen and oxygen atoms in total. The van der Waals surface area contributed by atoms with E-state index in [0.29, 0.717) is 29.2 Å². The van der Waals surface area contributed by atoms with E-state index < -0.39 is 17.8 Å². The molecule has 0 radical (unpaired) electrons. The molecule has 24 heavy (non-hydrogen) atoms. The van der Waals surface area contributed by atoms with Gasteiger partial charge in [-0.15, -0.1) is 0 Å². The number of aromatic nitrogens is 1. The van der Waals surface area contributed by atoms with Gasteiger partial charge in [-0.2, -0.15) is 13.2 Å². The number of alkyl halides is 3. The average molecular weight is 335 g/mol. The van der Waals surface area contributed by atoms with Crippen molar-refractivity contribution in [2.75, 3.05) is 10.6 Å². The Morgan fingerprint density at radius 1 is 1.21 bits per heavy atom. The van der Waals surface area contributed by atoms with E-state index in [0.717, 1.165) is 12.1 Å². The van der Waals surface area contributed by atoms with Gasteiger partial charge >= 0.3 is 6.18 Å². The van der Waals surface area contributed by atoms with Gasteiger partial charge in [-0.25, -0.2) is 4.98 Å². The fourth-order valence-electron chi connectivity index (χ4n) is 2.94. The van der Waals surface area contributed by atoms with Crippen LogP contribution in [0.5, 0.6) is 0 Å². The maximum Gasteiger partial charge on any atom is 0.416 e. The molecule has 2 heterocycles. The molecule has 0 saturated heterocycles. The fraction of sp³-hybridized carbons (Fsp3) is 0.294. The van der Waals surface area contributed by atoms with Gasteiger partial charge in [-0.1, -0.05) is 12.1 Å². The number of halogens is 3. The Morgan fingerprint density at radius 2 is 1.96 bits per heavy atom. The van der Waals surface area contributed by atoms with E-state index in [-0.39, 0.29) is 12.3 Å². The summed E-state index contributed by atoms with van der Waals surface area (Å²) < 4.78 is 38.8. The molecule has 1 amide bonds. The lowest BCUT2D eigenvalue weighted by atomic mass is 9.99. The molecule has 1 aromatic heterocycles. The number of nitrogens with two attached hydrogens (primary N) is 1. The van der Waals surface area contributed by atoms with Gasteiger partial charge in [0.05, 0.1) is 23.0 Å². The van der Waals surface area contributed by atoms with Crippen LogP contribution in [0.25, 0.3) is 0 Å². The van der Waals surface area contributed by atoms with Gasteiger partial charge in [0.2, 0.25) is 5.91 Å². The lowest BCUT2D eigenvalue weighted by Crippen LogP contribution is -2.37. The van der Waals surface area contributed by atoms with Crippen LogP contribution < -0.4 is 10.6 Å². The molecule has 1 aromatic carbocycles. The van der Waals surface area contributed by atoms with Gasteiger partial charge in [-0.3, -0.25) is 4.79 Å². The van der Waals surface area contributed by atoms with Crippen LogP contribution in [0.3, 0.4) is 0 Å². The van der Waals surface area contributed by atoms with Gasteiger partial charge in [0.15, 0.2) is 0 Å². The zero-order valence-electron chi connectivity index (χ0n) is 13.0. The molecular weight excluding hydrogens is 319 g/mol. The largest absolute Gasteiger partial charge is 0.416 e. The lowest BCUT2D eigenvalue weighted by molar-refractivity contribution is -0.137. The van der Waals surface area contributed by atoms with Crippen LogP contribution in [0.1, 0.15) is 36.2 Å². The Balaban J connectivity index is 2.01. The quantitative estimate of drug-likeness (QED) is 0.910. The number of nitrogens with zero attached hydrogens (tertiary/aromatic N) is 2. The topological polar surface area (TPSA) is 59.2 Å². The Kier molecular flexibility index (Phi) is 3.95. The number of aryl methyl sites for hydroxylation is 1. The summed E-state index contributed by atoms with van der Waals surface area (Å²) in [6, 6.07) is 7.78. The third-order valence-corrected chi connectivity index (χ3v) is 4.16. The first-order valence-electron chi connectivity index (χ1n) is 7.52. The van der Waals surface area contributed by atoms with Crippen molar-refractivity contribution in [1.82, 2.24) is 4.98 Å². The summed E-state index contributed by atoms with van der Waals surface area (Å²) in [5.74, 6) is 0.216. The Bertz CT molecular complexity index is 789. The molecule has 0 bridgehead atoms. The molecular formula is C17H16F3N3O. The normalized spacial score (nSPS) is 16.0. The number of rotatable bonds is 2. The summed E-state index contributed by atoms with van der Waals surface area (Å²) in [4.78, 5) is 18.1. The predicted molar refractivity (Wildman–Crippen MR) is 84.3 cm³/mol. The first-order valence-corrected chi connectivity index (χ1v) is 7.52. The summed E-state index contributed by atoms with van der Waals surface area (Å²) in [6.45, 7) is 1.71. The minimum atomic E-state index is -4.42. The van der Waals surface area contributed by atoms with Crippen LogP contribution in [0.2, 0.25) is 0 Å². The second-order valence-electron chi connectivity index (χ2n) is 5.76. The summed E-state index contributed by atoms with van der Waals surface area (Å²) in [5.41, 5.74) is 6.66. The van der Waals surface area contributed by atoms with Crippen LogP contribution in [0, 0.1) is 0 Å². The maximum atomic E-state index is 12.9. The van der Waals surface area contributed by atoms with E-state index in [2.05, 4.69) is 4.98 Å². The van der Waals surface area contributed by atoms with E-state index in [1.807, 2.05) is 0 Å².